The van der Waals surface area contributed by atoms with Gasteiger partial charge >= 0.3 is 12.1 Å². The Morgan fingerprint density at radius 3 is 2.51 bits per heavy atom. The van der Waals surface area contributed by atoms with E-state index in [1.54, 1.807) is 48.5 Å². The van der Waals surface area contributed by atoms with Crippen LogP contribution in [0.2, 0.25) is 0 Å². The van der Waals surface area contributed by atoms with E-state index in [9.17, 15) is 22.8 Å². The molecule has 1 aromatic heterocycles. The molecule has 204 valence electrons. The normalized spacial score (nSPS) is 14.1. The summed E-state index contributed by atoms with van der Waals surface area (Å²) in [5.74, 6) is -3.01. The molecule has 0 radical (unpaired) electrons. The fourth-order valence-electron chi connectivity index (χ4n) is 3.32. The van der Waals surface area contributed by atoms with Gasteiger partial charge in [0, 0.05) is 22.2 Å². The Hall–Kier alpha value is -4.48. The van der Waals surface area contributed by atoms with E-state index in [0.717, 1.165) is 29.8 Å². The van der Waals surface area contributed by atoms with Crippen molar-refractivity contribution in [1.82, 2.24) is 4.98 Å². The summed E-state index contributed by atoms with van der Waals surface area (Å²) >= 11 is 1.46. The summed E-state index contributed by atoms with van der Waals surface area (Å²) in [5.41, 5.74) is 8.50. The summed E-state index contributed by atoms with van der Waals surface area (Å²) in [6.45, 7) is -0.218. The first-order chi connectivity index (χ1) is 18.4. The first-order valence-corrected chi connectivity index (χ1v) is 12.1. The van der Waals surface area contributed by atoms with Crippen LogP contribution in [-0.4, -0.2) is 46.7 Å². The van der Waals surface area contributed by atoms with Gasteiger partial charge in [0.25, 0.3) is 11.8 Å². The summed E-state index contributed by atoms with van der Waals surface area (Å²) in [7, 11) is 0. The highest BCUT2D eigenvalue weighted by atomic mass is 32.1. The minimum atomic E-state index is -5.08. The van der Waals surface area contributed by atoms with Gasteiger partial charge < -0.3 is 20.9 Å². The van der Waals surface area contributed by atoms with Gasteiger partial charge in [-0.2, -0.15) is 18.4 Å². The van der Waals surface area contributed by atoms with Crippen LogP contribution in [0.15, 0.2) is 48.5 Å². The number of rotatable bonds is 6. The lowest BCUT2D eigenvalue weighted by Crippen LogP contribution is -2.27. The number of carboxylic acids is 1. The Morgan fingerprint density at radius 2 is 1.87 bits per heavy atom. The van der Waals surface area contributed by atoms with Gasteiger partial charge in [-0.25, -0.2) is 9.78 Å². The molecule has 0 saturated heterocycles. The van der Waals surface area contributed by atoms with E-state index >= 15 is 0 Å². The summed E-state index contributed by atoms with van der Waals surface area (Å²) in [6.07, 6.45) is -2.56. The van der Waals surface area contributed by atoms with Crippen molar-refractivity contribution in [1.29, 1.82) is 5.26 Å². The predicted octanol–water partition coefficient (Wildman–Crippen LogP) is 3.73. The highest BCUT2D eigenvalue weighted by molar-refractivity contribution is 7.15. The molecular weight excluding hydrogens is 539 g/mol. The van der Waals surface area contributed by atoms with E-state index in [0.29, 0.717) is 27.7 Å². The lowest BCUT2D eigenvalue weighted by atomic mass is 9.99. The van der Waals surface area contributed by atoms with Crippen LogP contribution in [0.1, 0.15) is 32.9 Å². The third-order valence-electron chi connectivity index (χ3n) is 5.20. The monoisotopic (exact) mass is 561 g/mol. The number of nitrogens with one attached hydrogen (secondary N) is 2. The van der Waals surface area contributed by atoms with E-state index in [4.69, 9.17) is 25.6 Å². The van der Waals surface area contributed by atoms with Gasteiger partial charge in [-0.1, -0.05) is 6.07 Å². The molecule has 3 aromatic rings. The molecule has 4 rings (SSSR count). The van der Waals surface area contributed by atoms with Gasteiger partial charge in [-0.05, 0) is 61.7 Å². The molecular formula is C25H22F3N5O5S. The standard InChI is InChI=1S/C23H21N5O3S.C2HF3O2/c24-12-14-4-7-17(8-5-14)26-21(29)13-31-18-3-1-2-15(10-18)22(30)28-23-27-19-9-6-16(25)11-20(19)32-23;3-2(4,5)1(6)7/h1-5,7-8,10,16H,6,9,11,13,25H2,(H,26,29)(H,27,28,30);(H,6,7)/t16-;/m0./s1. The summed E-state index contributed by atoms with van der Waals surface area (Å²) in [4.78, 5) is 39.3. The number of nitriles is 1. The number of aryl methyl sites for hydroxylation is 1. The second-order valence-electron chi connectivity index (χ2n) is 8.20. The third kappa shape index (κ3) is 8.80. The number of alkyl halides is 3. The van der Waals surface area contributed by atoms with Gasteiger partial charge in [0.05, 0.1) is 17.3 Å². The number of nitrogens with zero attached hydrogens (tertiary/aromatic N) is 2. The zero-order valence-corrected chi connectivity index (χ0v) is 20.9. The Labute approximate surface area is 224 Å². The van der Waals surface area contributed by atoms with Crippen LogP contribution in [0, 0.1) is 11.3 Å². The van der Waals surface area contributed by atoms with Crippen molar-refractivity contribution < 1.29 is 37.4 Å². The molecule has 0 aliphatic heterocycles. The van der Waals surface area contributed by atoms with E-state index in [1.165, 1.54) is 11.3 Å². The number of ether oxygens (including phenoxy) is 1. The van der Waals surface area contributed by atoms with Crippen molar-refractivity contribution in [3.63, 3.8) is 0 Å². The molecule has 0 fully saturated rings. The molecule has 2 amide bonds. The van der Waals surface area contributed by atoms with Crippen molar-refractivity contribution in [3.05, 3.63) is 70.2 Å². The first kappa shape index (κ1) is 29.1. The van der Waals surface area contributed by atoms with Crippen LogP contribution in [0.4, 0.5) is 24.0 Å². The summed E-state index contributed by atoms with van der Waals surface area (Å²) in [5, 5.41) is 22.0. The number of carboxylic acid groups (broad SMARTS) is 1. The molecule has 14 heteroatoms. The number of aromatic nitrogens is 1. The molecule has 10 nitrogen and oxygen atoms in total. The van der Waals surface area contributed by atoms with E-state index in [-0.39, 0.29) is 24.5 Å². The fraction of sp³-hybridized carbons (Fsp3) is 0.240. The molecule has 1 aliphatic carbocycles. The summed E-state index contributed by atoms with van der Waals surface area (Å²) < 4.78 is 37.3. The van der Waals surface area contributed by atoms with Crippen molar-refractivity contribution in [2.45, 2.75) is 31.5 Å². The number of carbonyl (C=O) groups is 3. The molecule has 1 heterocycles. The molecule has 5 N–H and O–H groups in total. The van der Waals surface area contributed by atoms with Crippen LogP contribution in [0.5, 0.6) is 5.75 Å². The van der Waals surface area contributed by atoms with Crippen LogP contribution in [0.3, 0.4) is 0 Å². The molecule has 39 heavy (non-hydrogen) atoms. The van der Waals surface area contributed by atoms with Crippen molar-refractivity contribution >= 4 is 39.9 Å². The molecule has 0 bridgehead atoms. The average molecular weight is 562 g/mol. The lowest BCUT2D eigenvalue weighted by molar-refractivity contribution is -0.192. The van der Waals surface area contributed by atoms with Gasteiger partial charge in [-0.3, -0.25) is 14.9 Å². The number of anilines is 2. The molecule has 0 saturated carbocycles. The molecule has 1 atom stereocenters. The van der Waals surface area contributed by atoms with Crippen molar-refractivity contribution in [2.75, 3.05) is 17.2 Å². The average Bonchev–Trinajstić information content (AvgIpc) is 3.29. The fourth-order valence-corrected chi connectivity index (χ4v) is 4.42. The number of nitrogens with two attached hydrogens (primary N) is 1. The Bertz CT molecular complexity index is 1390. The second-order valence-corrected chi connectivity index (χ2v) is 9.29. The number of benzene rings is 2. The highest BCUT2D eigenvalue weighted by Gasteiger charge is 2.38. The number of fused-ring (bicyclic) bond motifs is 1. The number of hydrogen-bond donors (Lipinski definition) is 4. The molecule has 0 unspecified atom stereocenters. The number of aliphatic carboxylic acids is 1. The Morgan fingerprint density at radius 1 is 1.18 bits per heavy atom. The molecule has 1 aliphatic rings. The van der Waals surface area contributed by atoms with Gasteiger partial charge in [0.2, 0.25) is 0 Å². The van der Waals surface area contributed by atoms with Crippen LogP contribution < -0.4 is 21.1 Å². The van der Waals surface area contributed by atoms with Crippen molar-refractivity contribution in [2.24, 2.45) is 5.73 Å². The maximum atomic E-state index is 12.6. The van der Waals surface area contributed by atoms with E-state index in [2.05, 4.69) is 15.6 Å². The van der Waals surface area contributed by atoms with Gasteiger partial charge in [0.15, 0.2) is 11.7 Å². The maximum Gasteiger partial charge on any atom is 0.490 e. The zero-order valence-electron chi connectivity index (χ0n) is 20.1. The number of amides is 2. The Balaban J connectivity index is 0.000000532. The number of hydrogen-bond acceptors (Lipinski definition) is 8. The number of carbonyl (C=O) groups excluding carboxylic acids is 2. The quantitative estimate of drug-likeness (QED) is 0.353. The van der Waals surface area contributed by atoms with E-state index < -0.39 is 12.1 Å². The zero-order chi connectivity index (χ0) is 28.6. The SMILES string of the molecule is N#Cc1ccc(NC(=O)COc2cccc(C(=O)Nc3nc4c(s3)C[C@@H](N)CC4)c2)cc1.O=C(O)C(F)(F)F. The van der Waals surface area contributed by atoms with Gasteiger partial charge in [0.1, 0.15) is 5.75 Å². The third-order valence-corrected chi connectivity index (χ3v) is 6.24. The largest absolute Gasteiger partial charge is 0.490 e. The van der Waals surface area contributed by atoms with E-state index in [1.807, 2.05) is 6.07 Å². The van der Waals surface area contributed by atoms with Crippen molar-refractivity contribution in [3.8, 4) is 11.8 Å². The highest BCUT2D eigenvalue weighted by Crippen LogP contribution is 2.29. The smallest absolute Gasteiger partial charge is 0.484 e. The summed E-state index contributed by atoms with van der Waals surface area (Å²) in [6, 6.07) is 15.3. The van der Waals surface area contributed by atoms with Crippen LogP contribution in [-0.2, 0) is 22.4 Å². The number of thiazole rings is 1. The topological polar surface area (TPSA) is 167 Å². The maximum absolute atomic E-state index is 12.6. The lowest BCUT2D eigenvalue weighted by Gasteiger charge is -2.15. The Kier molecular flexibility index (Phi) is 9.58. The number of halogens is 3. The predicted molar refractivity (Wildman–Crippen MR) is 135 cm³/mol. The van der Waals surface area contributed by atoms with Crippen LogP contribution >= 0.6 is 11.3 Å². The molecule has 0 spiro atoms. The van der Waals surface area contributed by atoms with Crippen LogP contribution in [0.25, 0.3) is 0 Å². The minimum Gasteiger partial charge on any atom is -0.484 e. The van der Waals surface area contributed by atoms with Gasteiger partial charge in [-0.15, -0.1) is 11.3 Å². The first-order valence-electron chi connectivity index (χ1n) is 11.3. The molecule has 2 aromatic carbocycles. The minimum absolute atomic E-state index is 0.148. The second kappa shape index (κ2) is 12.9.